The summed E-state index contributed by atoms with van der Waals surface area (Å²) in [5.74, 6) is 0.0116. The molecule has 0 aliphatic rings. The Morgan fingerprint density at radius 2 is 2.24 bits per heavy atom. The zero-order valence-electron chi connectivity index (χ0n) is 8.71. The Morgan fingerprint density at radius 3 is 3.00 bits per heavy atom. The third-order valence-electron chi connectivity index (χ3n) is 2.30. The van der Waals surface area contributed by atoms with E-state index in [2.05, 4.69) is 10.3 Å². The monoisotopic (exact) mass is 244 g/mol. The van der Waals surface area contributed by atoms with E-state index in [0.717, 1.165) is 5.39 Å². The Hall–Kier alpha value is -2.14. The molecule has 84 valence electrons. The van der Waals surface area contributed by atoms with E-state index in [9.17, 15) is 4.79 Å². The molecule has 2 aromatic heterocycles. The first kappa shape index (κ1) is 10.0. The van der Waals surface area contributed by atoms with E-state index in [4.69, 9.17) is 4.42 Å². The minimum atomic E-state index is -0.281. The molecule has 0 unspecified atom stereocenters. The topological polar surface area (TPSA) is 55.1 Å². The van der Waals surface area contributed by atoms with E-state index in [1.54, 1.807) is 17.6 Å². The second-order valence-corrected chi connectivity index (χ2v) is 4.33. The highest BCUT2D eigenvalue weighted by molar-refractivity contribution is 7.13. The van der Waals surface area contributed by atoms with Crippen LogP contribution in [0.15, 0.2) is 46.3 Å². The zero-order chi connectivity index (χ0) is 11.7. The predicted octanol–water partition coefficient (Wildman–Crippen LogP) is 3.14. The summed E-state index contributed by atoms with van der Waals surface area (Å²) in [5, 5.41) is 5.95. The number of rotatable bonds is 2. The highest BCUT2D eigenvalue weighted by Gasteiger charge is 2.12. The third-order valence-corrected chi connectivity index (χ3v) is 2.99. The lowest BCUT2D eigenvalue weighted by atomic mass is 10.2. The Balaban J connectivity index is 1.90. The Kier molecular flexibility index (Phi) is 2.38. The van der Waals surface area contributed by atoms with Gasteiger partial charge in [-0.05, 0) is 12.1 Å². The van der Waals surface area contributed by atoms with Crippen molar-refractivity contribution in [2.75, 3.05) is 5.32 Å². The minimum Gasteiger partial charge on any atom is -0.451 e. The fourth-order valence-electron chi connectivity index (χ4n) is 1.54. The first-order valence-electron chi connectivity index (χ1n) is 5.02. The van der Waals surface area contributed by atoms with Gasteiger partial charge in [-0.3, -0.25) is 10.1 Å². The summed E-state index contributed by atoms with van der Waals surface area (Å²) in [6.45, 7) is 0. The molecule has 0 saturated heterocycles. The number of carbonyl (C=O) groups excluding carboxylic acids is 1. The van der Waals surface area contributed by atoms with Crippen LogP contribution in [0.25, 0.3) is 11.0 Å². The summed E-state index contributed by atoms with van der Waals surface area (Å²) in [5.41, 5.74) is 0.705. The first-order valence-corrected chi connectivity index (χ1v) is 5.90. The summed E-state index contributed by atoms with van der Waals surface area (Å²) in [4.78, 5) is 15.8. The number of hydrogen-bond donors (Lipinski definition) is 1. The van der Waals surface area contributed by atoms with Gasteiger partial charge in [0.2, 0.25) is 0 Å². The van der Waals surface area contributed by atoms with Gasteiger partial charge in [0.25, 0.3) is 5.91 Å². The Morgan fingerprint density at radius 1 is 1.35 bits per heavy atom. The molecule has 0 bridgehead atoms. The summed E-state index contributed by atoms with van der Waals surface area (Å²) in [6.07, 6.45) is 1.64. The number of anilines is 1. The van der Waals surface area contributed by atoms with Crippen LogP contribution in [0.3, 0.4) is 0 Å². The van der Waals surface area contributed by atoms with Gasteiger partial charge in [-0.25, -0.2) is 4.98 Å². The number of furan rings is 1. The molecule has 3 rings (SSSR count). The normalized spacial score (nSPS) is 10.6. The van der Waals surface area contributed by atoms with Crippen molar-refractivity contribution < 1.29 is 9.21 Å². The summed E-state index contributed by atoms with van der Waals surface area (Å²) in [6, 6.07) is 9.22. The fourth-order valence-corrected chi connectivity index (χ4v) is 2.06. The maximum absolute atomic E-state index is 11.8. The number of hydrogen-bond acceptors (Lipinski definition) is 4. The quantitative estimate of drug-likeness (QED) is 0.753. The van der Waals surface area contributed by atoms with Crippen LogP contribution in [-0.2, 0) is 0 Å². The predicted molar refractivity (Wildman–Crippen MR) is 66.3 cm³/mol. The van der Waals surface area contributed by atoms with Crippen molar-refractivity contribution in [3.05, 3.63) is 47.7 Å². The first-order chi connectivity index (χ1) is 8.33. The molecule has 0 atom stereocenters. The van der Waals surface area contributed by atoms with E-state index >= 15 is 0 Å². The molecule has 0 fully saturated rings. The highest BCUT2D eigenvalue weighted by Crippen LogP contribution is 2.20. The molecule has 0 aliphatic carbocycles. The van der Waals surface area contributed by atoms with Crippen LogP contribution in [0.1, 0.15) is 10.6 Å². The van der Waals surface area contributed by atoms with Crippen LogP contribution in [0.2, 0.25) is 0 Å². The Labute approximate surface area is 101 Å². The van der Waals surface area contributed by atoms with Crippen molar-refractivity contribution >= 4 is 33.3 Å². The molecular formula is C12H8N2O2S. The smallest absolute Gasteiger partial charge is 0.293 e. The SMILES string of the molecule is O=C(Nc1nccs1)c1cc2ccccc2o1. The molecule has 0 aliphatic heterocycles. The van der Waals surface area contributed by atoms with Gasteiger partial charge < -0.3 is 4.42 Å². The Bertz CT molecular complexity index is 625. The van der Waals surface area contributed by atoms with Gasteiger partial charge in [-0.1, -0.05) is 18.2 Å². The van der Waals surface area contributed by atoms with Crippen molar-refractivity contribution in [3.8, 4) is 0 Å². The van der Waals surface area contributed by atoms with Crippen LogP contribution in [0.4, 0.5) is 5.13 Å². The number of amides is 1. The molecule has 3 aromatic rings. The summed E-state index contributed by atoms with van der Waals surface area (Å²) < 4.78 is 5.44. The number of thiazole rings is 1. The maximum Gasteiger partial charge on any atom is 0.293 e. The number of carbonyl (C=O) groups is 1. The molecule has 5 heteroatoms. The molecule has 1 aromatic carbocycles. The second kappa shape index (κ2) is 4.03. The number of fused-ring (bicyclic) bond motifs is 1. The largest absolute Gasteiger partial charge is 0.451 e. The zero-order valence-corrected chi connectivity index (χ0v) is 9.53. The van der Waals surface area contributed by atoms with Crippen molar-refractivity contribution in [2.24, 2.45) is 0 Å². The van der Waals surface area contributed by atoms with Gasteiger partial charge in [0.05, 0.1) is 0 Å². The number of aromatic nitrogens is 1. The van der Waals surface area contributed by atoms with E-state index in [1.165, 1.54) is 11.3 Å². The fraction of sp³-hybridized carbons (Fsp3) is 0. The van der Waals surface area contributed by atoms with E-state index in [0.29, 0.717) is 16.5 Å². The van der Waals surface area contributed by atoms with Crippen molar-refractivity contribution in [1.82, 2.24) is 4.98 Å². The number of benzene rings is 1. The van der Waals surface area contributed by atoms with Crippen molar-refractivity contribution in [2.45, 2.75) is 0 Å². The molecule has 1 amide bonds. The maximum atomic E-state index is 11.8. The second-order valence-electron chi connectivity index (χ2n) is 3.44. The summed E-state index contributed by atoms with van der Waals surface area (Å²) >= 11 is 1.37. The molecule has 2 heterocycles. The van der Waals surface area contributed by atoms with Crippen LogP contribution in [-0.4, -0.2) is 10.9 Å². The molecule has 1 N–H and O–H groups in total. The highest BCUT2D eigenvalue weighted by atomic mass is 32.1. The van der Waals surface area contributed by atoms with Gasteiger partial charge in [-0.2, -0.15) is 0 Å². The van der Waals surface area contributed by atoms with E-state index < -0.39 is 0 Å². The number of nitrogens with zero attached hydrogens (tertiary/aromatic N) is 1. The van der Waals surface area contributed by atoms with Crippen molar-refractivity contribution in [1.29, 1.82) is 0 Å². The third kappa shape index (κ3) is 1.92. The lowest BCUT2D eigenvalue weighted by molar-refractivity contribution is 0.0998. The van der Waals surface area contributed by atoms with Crippen LogP contribution >= 0.6 is 11.3 Å². The average molecular weight is 244 g/mol. The molecular weight excluding hydrogens is 236 g/mol. The average Bonchev–Trinajstić information content (AvgIpc) is 2.96. The van der Waals surface area contributed by atoms with Gasteiger partial charge in [-0.15, -0.1) is 11.3 Å². The van der Waals surface area contributed by atoms with Gasteiger partial charge in [0.15, 0.2) is 10.9 Å². The standard InChI is InChI=1S/C12H8N2O2S/c15-11(14-12-13-5-6-17-12)10-7-8-3-1-2-4-9(8)16-10/h1-7H,(H,13,14,15). The molecule has 0 radical (unpaired) electrons. The van der Waals surface area contributed by atoms with Crippen LogP contribution in [0, 0.1) is 0 Å². The van der Waals surface area contributed by atoms with Crippen LogP contribution in [0.5, 0.6) is 0 Å². The minimum absolute atomic E-state index is 0.281. The molecule has 4 nitrogen and oxygen atoms in total. The van der Waals surface area contributed by atoms with E-state index in [-0.39, 0.29) is 5.91 Å². The van der Waals surface area contributed by atoms with E-state index in [1.807, 2.05) is 24.3 Å². The van der Waals surface area contributed by atoms with Crippen LogP contribution < -0.4 is 5.32 Å². The molecule has 0 saturated carbocycles. The number of nitrogens with one attached hydrogen (secondary N) is 1. The van der Waals surface area contributed by atoms with Gasteiger partial charge in [0.1, 0.15) is 5.58 Å². The lowest BCUT2D eigenvalue weighted by Gasteiger charge is -1.96. The lowest BCUT2D eigenvalue weighted by Crippen LogP contribution is -2.10. The summed E-state index contributed by atoms with van der Waals surface area (Å²) in [7, 11) is 0. The molecule has 0 spiro atoms. The van der Waals surface area contributed by atoms with Gasteiger partial charge in [0, 0.05) is 17.0 Å². The van der Waals surface area contributed by atoms with Gasteiger partial charge >= 0.3 is 0 Å². The molecule has 17 heavy (non-hydrogen) atoms. The van der Waals surface area contributed by atoms with Crippen molar-refractivity contribution in [3.63, 3.8) is 0 Å². The number of para-hydroxylation sites is 1.